The van der Waals surface area contributed by atoms with Crippen molar-refractivity contribution < 1.29 is 18.3 Å². The molecule has 0 spiro atoms. The van der Waals surface area contributed by atoms with Crippen LogP contribution < -0.4 is 4.74 Å². The van der Waals surface area contributed by atoms with Crippen LogP contribution >= 0.6 is 0 Å². The number of carbonyl (C=O) groups excluding carboxylic acids is 1. The molecule has 0 atom stereocenters. The Morgan fingerprint density at radius 2 is 1.93 bits per heavy atom. The van der Waals surface area contributed by atoms with Gasteiger partial charge in [-0.3, -0.25) is 4.79 Å². The molecule has 0 aliphatic rings. The Balaban J connectivity index is 2.87. The molecule has 0 bridgehead atoms. The molecule has 0 unspecified atom stereocenters. The number of aldehydes is 1. The van der Waals surface area contributed by atoms with E-state index in [1.807, 2.05) is 0 Å². The summed E-state index contributed by atoms with van der Waals surface area (Å²) in [6, 6.07) is 1.86. The first-order valence-corrected chi connectivity index (χ1v) is 4.37. The fourth-order valence-corrected chi connectivity index (χ4v) is 1.03. The number of carbonyl (C=O) groups is 1. The van der Waals surface area contributed by atoms with E-state index in [9.17, 15) is 13.6 Å². The van der Waals surface area contributed by atoms with Crippen LogP contribution in [0.1, 0.15) is 16.8 Å². The minimum absolute atomic E-state index is 0.0546. The highest BCUT2D eigenvalue weighted by atomic mass is 19.1. The van der Waals surface area contributed by atoms with Gasteiger partial charge in [0.15, 0.2) is 17.4 Å². The molecule has 15 heavy (non-hydrogen) atoms. The zero-order valence-corrected chi connectivity index (χ0v) is 8.00. The summed E-state index contributed by atoms with van der Waals surface area (Å²) in [5.41, 5.74) is -0.0546. The van der Waals surface area contributed by atoms with Crippen LogP contribution in [0.5, 0.6) is 5.75 Å². The van der Waals surface area contributed by atoms with Gasteiger partial charge in [0.2, 0.25) is 0 Å². The van der Waals surface area contributed by atoms with E-state index >= 15 is 0 Å². The Hall–Kier alpha value is -1.71. The first kappa shape index (κ1) is 11.4. The molecule has 0 saturated heterocycles. The molecule has 0 amide bonds. The number of hydrogen-bond acceptors (Lipinski definition) is 2. The second-order valence-corrected chi connectivity index (χ2v) is 2.86. The molecule has 0 radical (unpaired) electrons. The standard InChI is InChI=1S/C11H10F2O2/c1-2-3-4-15-11-9(12)5-8(7-14)6-10(11)13/h2,5-7H,1,3-4H2. The lowest BCUT2D eigenvalue weighted by Crippen LogP contribution is -2.01. The van der Waals surface area contributed by atoms with Gasteiger partial charge in [-0.1, -0.05) is 6.08 Å². The van der Waals surface area contributed by atoms with Gasteiger partial charge in [0, 0.05) is 5.56 Å². The molecule has 2 nitrogen and oxygen atoms in total. The van der Waals surface area contributed by atoms with Crippen molar-refractivity contribution in [1.82, 2.24) is 0 Å². The lowest BCUT2D eigenvalue weighted by atomic mass is 10.2. The minimum Gasteiger partial charge on any atom is -0.487 e. The zero-order chi connectivity index (χ0) is 11.3. The maximum Gasteiger partial charge on any atom is 0.190 e. The van der Waals surface area contributed by atoms with E-state index in [0.717, 1.165) is 12.1 Å². The van der Waals surface area contributed by atoms with E-state index in [4.69, 9.17) is 4.74 Å². The Kier molecular flexibility index (Phi) is 3.97. The zero-order valence-electron chi connectivity index (χ0n) is 8.00. The van der Waals surface area contributed by atoms with Crippen molar-refractivity contribution in [1.29, 1.82) is 0 Å². The fraction of sp³-hybridized carbons (Fsp3) is 0.182. The van der Waals surface area contributed by atoms with Gasteiger partial charge in [0.25, 0.3) is 0 Å². The predicted molar refractivity (Wildman–Crippen MR) is 52.1 cm³/mol. The molecule has 0 saturated carbocycles. The molecule has 0 aromatic heterocycles. The van der Waals surface area contributed by atoms with E-state index in [1.54, 1.807) is 6.08 Å². The van der Waals surface area contributed by atoms with Crippen LogP contribution in [-0.4, -0.2) is 12.9 Å². The first-order chi connectivity index (χ1) is 7.19. The maximum atomic E-state index is 13.2. The number of hydrogen-bond donors (Lipinski definition) is 0. The molecule has 0 fully saturated rings. The number of rotatable bonds is 5. The average molecular weight is 212 g/mol. The van der Waals surface area contributed by atoms with Crippen molar-refractivity contribution in [3.63, 3.8) is 0 Å². The summed E-state index contributed by atoms with van der Waals surface area (Å²) in [5.74, 6) is -2.20. The number of benzene rings is 1. The second kappa shape index (κ2) is 5.24. The molecule has 4 heteroatoms. The van der Waals surface area contributed by atoms with Crippen molar-refractivity contribution in [2.75, 3.05) is 6.61 Å². The van der Waals surface area contributed by atoms with Crippen LogP contribution in [-0.2, 0) is 0 Å². The number of halogens is 2. The molecular weight excluding hydrogens is 202 g/mol. The summed E-state index contributed by atoms with van der Waals surface area (Å²) < 4.78 is 31.2. The van der Waals surface area contributed by atoms with Crippen molar-refractivity contribution in [3.05, 3.63) is 42.0 Å². The van der Waals surface area contributed by atoms with Crippen LogP contribution in [0.25, 0.3) is 0 Å². The molecule has 1 aromatic carbocycles. The molecule has 0 heterocycles. The fourth-order valence-electron chi connectivity index (χ4n) is 1.03. The number of ether oxygens (including phenoxy) is 1. The van der Waals surface area contributed by atoms with E-state index < -0.39 is 17.4 Å². The van der Waals surface area contributed by atoms with Gasteiger partial charge in [-0.25, -0.2) is 8.78 Å². The highest BCUT2D eigenvalue weighted by molar-refractivity contribution is 5.75. The van der Waals surface area contributed by atoms with Crippen molar-refractivity contribution >= 4 is 6.29 Å². The van der Waals surface area contributed by atoms with Gasteiger partial charge >= 0.3 is 0 Å². The Bertz CT molecular complexity index is 352. The van der Waals surface area contributed by atoms with Crippen LogP contribution in [0.3, 0.4) is 0 Å². The minimum atomic E-state index is -0.874. The third-order valence-corrected chi connectivity index (χ3v) is 1.73. The van der Waals surface area contributed by atoms with Crippen LogP contribution in [0, 0.1) is 11.6 Å². The predicted octanol–water partition coefficient (Wildman–Crippen LogP) is 2.73. The van der Waals surface area contributed by atoms with E-state index in [1.165, 1.54) is 0 Å². The van der Waals surface area contributed by atoms with Crippen LogP contribution in [0.4, 0.5) is 8.78 Å². The largest absolute Gasteiger partial charge is 0.487 e. The topological polar surface area (TPSA) is 26.3 Å². The Morgan fingerprint density at radius 3 is 2.40 bits per heavy atom. The maximum absolute atomic E-state index is 13.2. The lowest BCUT2D eigenvalue weighted by Gasteiger charge is -2.07. The Morgan fingerprint density at radius 1 is 1.33 bits per heavy atom. The molecule has 80 valence electrons. The van der Waals surface area contributed by atoms with E-state index in [-0.39, 0.29) is 12.2 Å². The smallest absolute Gasteiger partial charge is 0.190 e. The Labute approximate surface area is 86.2 Å². The average Bonchev–Trinajstić information content (AvgIpc) is 2.22. The second-order valence-electron chi connectivity index (χ2n) is 2.86. The van der Waals surface area contributed by atoms with Crippen LogP contribution in [0.15, 0.2) is 24.8 Å². The summed E-state index contributed by atoms with van der Waals surface area (Å²) in [4.78, 5) is 10.3. The van der Waals surface area contributed by atoms with Crippen molar-refractivity contribution in [2.24, 2.45) is 0 Å². The quantitative estimate of drug-likeness (QED) is 0.426. The molecule has 0 aliphatic carbocycles. The van der Waals surface area contributed by atoms with Crippen molar-refractivity contribution in [3.8, 4) is 5.75 Å². The van der Waals surface area contributed by atoms with E-state index in [2.05, 4.69) is 6.58 Å². The molecule has 1 aromatic rings. The summed E-state index contributed by atoms with van der Waals surface area (Å²) in [6.45, 7) is 3.60. The summed E-state index contributed by atoms with van der Waals surface area (Å²) in [6.07, 6.45) is 2.45. The van der Waals surface area contributed by atoms with Gasteiger partial charge in [-0.05, 0) is 18.6 Å². The molecule has 0 N–H and O–H groups in total. The van der Waals surface area contributed by atoms with Gasteiger partial charge in [-0.2, -0.15) is 0 Å². The molecule has 0 aliphatic heterocycles. The van der Waals surface area contributed by atoms with Gasteiger partial charge < -0.3 is 4.74 Å². The third kappa shape index (κ3) is 2.87. The molecular formula is C11H10F2O2. The first-order valence-electron chi connectivity index (χ1n) is 4.37. The van der Waals surface area contributed by atoms with Gasteiger partial charge in [-0.15, -0.1) is 6.58 Å². The van der Waals surface area contributed by atoms with Crippen molar-refractivity contribution in [2.45, 2.75) is 6.42 Å². The highest BCUT2D eigenvalue weighted by Crippen LogP contribution is 2.22. The monoisotopic (exact) mass is 212 g/mol. The molecule has 1 rings (SSSR count). The van der Waals surface area contributed by atoms with Gasteiger partial charge in [0.05, 0.1) is 6.61 Å². The van der Waals surface area contributed by atoms with Crippen LogP contribution in [0.2, 0.25) is 0 Å². The normalized spacial score (nSPS) is 9.73. The highest BCUT2D eigenvalue weighted by Gasteiger charge is 2.11. The third-order valence-electron chi connectivity index (χ3n) is 1.73. The SMILES string of the molecule is C=CCCOc1c(F)cc(C=O)cc1F. The summed E-state index contributed by atoms with van der Waals surface area (Å²) in [5, 5.41) is 0. The van der Waals surface area contributed by atoms with Gasteiger partial charge in [0.1, 0.15) is 6.29 Å². The summed E-state index contributed by atoms with van der Waals surface area (Å²) >= 11 is 0. The summed E-state index contributed by atoms with van der Waals surface area (Å²) in [7, 11) is 0. The lowest BCUT2D eigenvalue weighted by molar-refractivity contribution is 0.112. The van der Waals surface area contributed by atoms with E-state index in [0.29, 0.717) is 12.7 Å².